The third-order valence-electron chi connectivity index (χ3n) is 13.1. The summed E-state index contributed by atoms with van der Waals surface area (Å²) in [6.45, 7) is 4.66. The molecule has 0 saturated carbocycles. The number of carboxylic acid groups (broad SMARTS) is 1. The van der Waals surface area contributed by atoms with E-state index in [1.54, 1.807) is 0 Å². The van der Waals surface area contributed by atoms with Crippen LogP contribution in [0.2, 0.25) is 0 Å². The second-order valence-corrected chi connectivity index (χ2v) is 21.3. The predicted octanol–water partition coefficient (Wildman–Crippen LogP) is 16.1. The number of allylic oxidation sites excluding steroid dienone is 8. The lowest BCUT2D eigenvalue weighted by Crippen LogP contribution is -2.44. The minimum Gasteiger partial charge on any atom is -0.545 e. The first-order valence-electron chi connectivity index (χ1n) is 29.8. The quantitative estimate of drug-likeness (QED) is 0.0195. The maximum Gasteiger partial charge on any atom is 0.306 e. The standard InChI is InChI=1S/C62H113NO8/c1-6-8-10-12-14-16-18-20-21-22-23-24-25-26-27-28-29-30-31-32-33-34-35-36-37-38-39-41-43-45-47-49-51-53-60(65)71-58(57-70-62(61(66)67)68-55-54-63(3,4)5)56-69-59(64)52-50-48-46-44-42-40-19-17-15-13-11-9-7-2/h8,10,14,16,20-21,23-24,58,62H,6-7,9,11-13,15,17-19,22,25-57H2,1-5H3/b10-8-,16-14-,21-20-,24-23-. The van der Waals surface area contributed by atoms with Crippen LogP contribution < -0.4 is 5.11 Å². The number of carbonyl (C=O) groups is 3. The van der Waals surface area contributed by atoms with E-state index in [-0.39, 0.29) is 32.2 Å². The van der Waals surface area contributed by atoms with Gasteiger partial charge in [0.05, 0.1) is 40.3 Å². The van der Waals surface area contributed by atoms with Gasteiger partial charge in [0.2, 0.25) is 0 Å². The number of quaternary nitrogens is 1. The SMILES string of the molecule is CC/C=C\C/C=C\C/C=C\C/C=C\CCCCCCCCCCCCCCCCCCCCCCC(=O)OC(COC(=O)CCCCCCCCCCCCCCC)COC(OCC[N+](C)(C)C)C(=O)[O-]. The Bertz CT molecular complexity index is 1300. The van der Waals surface area contributed by atoms with Crippen LogP contribution in [0.4, 0.5) is 0 Å². The summed E-state index contributed by atoms with van der Waals surface area (Å²) in [5, 5.41) is 11.8. The van der Waals surface area contributed by atoms with E-state index in [9.17, 15) is 19.5 Å². The van der Waals surface area contributed by atoms with Crippen molar-refractivity contribution in [1.82, 2.24) is 0 Å². The Labute approximate surface area is 438 Å². The van der Waals surface area contributed by atoms with Gasteiger partial charge in [-0.25, -0.2) is 0 Å². The third kappa shape index (κ3) is 54.9. The van der Waals surface area contributed by atoms with E-state index in [2.05, 4.69) is 62.5 Å². The molecule has 0 spiro atoms. The number of esters is 2. The number of nitrogens with zero attached hydrogens (tertiary/aromatic N) is 1. The monoisotopic (exact) mass is 1000 g/mol. The van der Waals surface area contributed by atoms with Crippen molar-refractivity contribution in [3.05, 3.63) is 48.6 Å². The van der Waals surface area contributed by atoms with Crippen LogP contribution in [0.25, 0.3) is 0 Å². The number of carbonyl (C=O) groups excluding carboxylic acids is 3. The molecule has 0 aliphatic heterocycles. The molecule has 0 radical (unpaired) electrons. The van der Waals surface area contributed by atoms with E-state index >= 15 is 0 Å². The minimum absolute atomic E-state index is 0.150. The molecule has 0 rings (SSSR count). The zero-order chi connectivity index (χ0) is 52.0. The van der Waals surface area contributed by atoms with Crippen molar-refractivity contribution >= 4 is 17.9 Å². The average molecular weight is 1000 g/mol. The Morgan fingerprint density at radius 2 is 0.803 bits per heavy atom. The molecule has 9 nitrogen and oxygen atoms in total. The van der Waals surface area contributed by atoms with Crippen LogP contribution in [-0.2, 0) is 33.3 Å². The summed E-state index contributed by atoms with van der Waals surface area (Å²) in [6.07, 6.45) is 63.2. The fourth-order valence-electron chi connectivity index (χ4n) is 8.53. The molecule has 2 atom stereocenters. The fourth-order valence-corrected chi connectivity index (χ4v) is 8.53. The highest BCUT2D eigenvalue weighted by Gasteiger charge is 2.22. The van der Waals surface area contributed by atoms with E-state index in [1.165, 1.54) is 180 Å². The van der Waals surface area contributed by atoms with E-state index in [0.29, 0.717) is 17.4 Å². The van der Waals surface area contributed by atoms with Gasteiger partial charge in [-0.2, -0.15) is 0 Å². The topological polar surface area (TPSA) is 111 Å². The molecule has 0 aromatic rings. The maximum atomic E-state index is 12.9. The van der Waals surface area contributed by atoms with Crippen molar-refractivity contribution in [2.24, 2.45) is 0 Å². The van der Waals surface area contributed by atoms with Crippen LogP contribution in [0.3, 0.4) is 0 Å². The van der Waals surface area contributed by atoms with Gasteiger partial charge in [0.1, 0.15) is 13.2 Å². The lowest BCUT2D eigenvalue weighted by atomic mass is 10.0. The number of unbranched alkanes of at least 4 members (excludes halogenated alkanes) is 32. The largest absolute Gasteiger partial charge is 0.545 e. The Morgan fingerprint density at radius 1 is 0.437 bits per heavy atom. The first kappa shape index (κ1) is 68.2. The normalized spacial score (nSPS) is 13.1. The van der Waals surface area contributed by atoms with Gasteiger partial charge in [-0.15, -0.1) is 0 Å². The highest BCUT2D eigenvalue weighted by Crippen LogP contribution is 2.17. The molecule has 0 heterocycles. The number of hydrogen-bond donors (Lipinski definition) is 0. The molecular weight excluding hydrogens is 887 g/mol. The van der Waals surface area contributed by atoms with Crippen molar-refractivity contribution in [2.75, 3.05) is 47.5 Å². The van der Waals surface area contributed by atoms with Crippen LogP contribution in [0.1, 0.15) is 271 Å². The third-order valence-corrected chi connectivity index (χ3v) is 13.1. The van der Waals surface area contributed by atoms with Crippen molar-refractivity contribution in [3.63, 3.8) is 0 Å². The number of hydrogen-bond acceptors (Lipinski definition) is 8. The molecule has 0 saturated heterocycles. The van der Waals surface area contributed by atoms with E-state index in [4.69, 9.17) is 18.9 Å². The first-order valence-corrected chi connectivity index (χ1v) is 29.8. The lowest BCUT2D eigenvalue weighted by molar-refractivity contribution is -0.870. The molecule has 0 amide bonds. The zero-order valence-corrected chi connectivity index (χ0v) is 47.1. The van der Waals surface area contributed by atoms with Crippen LogP contribution in [0.15, 0.2) is 48.6 Å². The van der Waals surface area contributed by atoms with Crippen molar-refractivity contribution in [3.8, 4) is 0 Å². The van der Waals surface area contributed by atoms with Gasteiger partial charge in [-0.05, 0) is 51.4 Å². The van der Waals surface area contributed by atoms with E-state index in [1.807, 2.05) is 21.1 Å². The maximum absolute atomic E-state index is 12.9. The molecule has 0 fully saturated rings. The smallest absolute Gasteiger partial charge is 0.306 e. The summed E-state index contributed by atoms with van der Waals surface area (Å²) < 4.78 is 22.7. The summed E-state index contributed by atoms with van der Waals surface area (Å²) in [7, 11) is 5.93. The van der Waals surface area contributed by atoms with Crippen LogP contribution in [0, 0.1) is 0 Å². The molecule has 0 aliphatic carbocycles. The Balaban J connectivity index is 4.05. The van der Waals surface area contributed by atoms with Gasteiger partial charge in [-0.3, -0.25) is 9.59 Å². The second-order valence-electron chi connectivity index (χ2n) is 21.3. The van der Waals surface area contributed by atoms with Crippen molar-refractivity contribution in [2.45, 2.75) is 283 Å². The van der Waals surface area contributed by atoms with E-state index in [0.717, 1.165) is 64.2 Å². The van der Waals surface area contributed by atoms with Gasteiger partial charge in [0.15, 0.2) is 12.4 Å². The predicted molar refractivity (Wildman–Crippen MR) is 297 cm³/mol. The van der Waals surface area contributed by atoms with Crippen LogP contribution in [0.5, 0.6) is 0 Å². The molecule has 0 aliphatic rings. The Kier molecular flexibility index (Phi) is 51.5. The molecule has 0 aromatic heterocycles. The second kappa shape index (κ2) is 53.5. The van der Waals surface area contributed by atoms with Gasteiger partial charge in [0.25, 0.3) is 0 Å². The summed E-state index contributed by atoms with van der Waals surface area (Å²) in [5.41, 5.74) is 0. The molecule has 0 bridgehead atoms. The summed E-state index contributed by atoms with van der Waals surface area (Å²) in [4.78, 5) is 37.2. The van der Waals surface area contributed by atoms with Gasteiger partial charge in [0, 0.05) is 12.8 Å². The Hall–Kier alpha value is -2.75. The summed E-state index contributed by atoms with van der Waals surface area (Å²) in [6, 6.07) is 0. The molecule has 9 heteroatoms. The molecule has 0 aromatic carbocycles. The van der Waals surface area contributed by atoms with Gasteiger partial charge in [-0.1, -0.05) is 255 Å². The molecular formula is C62H113NO8. The minimum atomic E-state index is -1.62. The molecule has 0 N–H and O–H groups in total. The molecule has 414 valence electrons. The first-order chi connectivity index (χ1) is 34.6. The number of ether oxygens (including phenoxy) is 4. The highest BCUT2D eigenvalue weighted by atomic mass is 16.7. The fraction of sp³-hybridized carbons (Fsp3) is 0.823. The molecule has 71 heavy (non-hydrogen) atoms. The number of carboxylic acids is 1. The Morgan fingerprint density at radius 3 is 1.20 bits per heavy atom. The zero-order valence-electron chi connectivity index (χ0n) is 47.1. The van der Waals surface area contributed by atoms with Gasteiger partial charge >= 0.3 is 11.9 Å². The summed E-state index contributed by atoms with van der Waals surface area (Å²) >= 11 is 0. The average Bonchev–Trinajstić information content (AvgIpc) is 3.34. The number of rotatable bonds is 55. The van der Waals surface area contributed by atoms with Crippen molar-refractivity contribution < 1.29 is 42.9 Å². The number of likely N-dealkylation sites (N-methyl/N-ethyl adjacent to an activating group) is 1. The van der Waals surface area contributed by atoms with Gasteiger partial charge < -0.3 is 33.3 Å². The lowest BCUT2D eigenvalue weighted by Gasteiger charge is -2.26. The van der Waals surface area contributed by atoms with Crippen molar-refractivity contribution in [1.29, 1.82) is 0 Å². The van der Waals surface area contributed by atoms with E-state index < -0.39 is 24.3 Å². The number of aliphatic carboxylic acids is 1. The summed E-state index contributed by atoms with van der Waals surface area (Å²) in [5.74, 6) is -2.27. The van der Waals surface area contributed by atoms with Crippen LogP contribution >= 0.6 is 0 Å². The molecule has 2 unspecified atom stereocenters. The van der Waals surface area contributed by atoms with Crippen LogP contribution in [-0.4, -0.2) is 82.3 Å². The highest BCUT2D eigenvalue weighted by molar-refractivity contribution is 5.70.